The summed E-state index contributed by atoms with van der Waals surface area (Å²) in [5.74, 6) is 1.54. The van der Waals surface area contributed by atoms with Crippen molar-refractivity contribution >= 4 is 23.6 Å². The summed E-state index contributed by atoms with van der Waals surface area (Å²) in [4.78, 5) is 14.2. The Labute approximate surface area is 146 Å². The Morgan fingerprint density at radius 2 is 1.88 bits per heavy atom. The molecule has 0 fully saturated rings. The van der Waals surface area contributed by atoms with Gasteiger partial charge in [0.2, 0.25) is 5.78 Å². The van der Waals surface area contributed by atoms with Gasteiger partial charge >= 0.3 is 0 Å². The van der Waals surface area contributed by atoms with Gasteiger partial charge < -0.3 is 9.47 Å². The number of carbonyl (C=O) groups excluding carboxylic acids is 1. The van der Waals surface area contributed by atoms with Gasteiger partial charge in [-0.2, -0.15) is 0 Å². The first-order valence-corrected chi connectivity index (χ1v) is 8.97. The van der Waals surface area contributed by atoms with Crippen LogP contribution in [0.15, 0.2) is 52.3 Å². The highest BCUT2D eigenvalue weighted by atomic mass is 32.2. The standard InChI is InChI=1S/C20H20O3S/c1-3-11-23-16-10-9-14(12-17(16)22-4-2)13-19-20(21)15-7-5-6-8-18(15)24-19/h5-10,12-13H,3-4,11H2,1-2H3/b19-13-. The van der Waals surface area contributed by atoms with Crippen LogP contribution in [-0.4, -0.2) is 19.0 Å². The molecule has 24 heavy (non-hydrogen) atoms. The molecule has 0 N–H and O–H groups in total. The van der Waals surface area contributed by atoms with Crippen molar-refractivity contribution in [2.24, 2.45) is 0 Å². The molecular weight excluding hydrogens is 320 g/mol. The molecule has 2 aromatic rings. The zero-order valence-corrected chi connectivity index (χ0v) is 14.7. The minimum absolute atomic E-state index is 0.0832. The van der Waals surface area contributed by atoms with Crippen LogP contribution in [-0.2, 0) is 0 Å². The largest absolute Gasteiger partial charge is 0.490 e. The maximum Gasteiger partial charge on any atom is 0.200 e. The lowest BCUT2D eigenvalue weighted by Crippen LogP contribution is -2.00. The molecule has 1 aliphatic rings. The first kappa shape index (κ1) is 16.7. The zero-order chi connectivity index (χ0) is 16.9. The van der Waals surface area contributed by atoms with E-state index < -0.39 is 0 Å². The maximum absolute atomic E-state index is 12.5. The van der Waals surface area contributed by atoms with Crippen molar-refractivity contribution in [3.8, 4) is 11.5 Å². The highest BCUT2D eigenvalue weighted by Crippen LogP contribution is 2.41. The maximum atomic E-state index is 12.5. The predicted molar refractivity (Wildman–Crippen MR) is 98.0 cm³/mol. The molecule has 1 aliphatic heterocycles. The molecule has 0 unspecified atom stereocenters. The molecule has 3 rings (SSSR count). The monoisotopic (exact) mass is 340 g/mol. The van der Waals surface area contributed by atoms with Crippen LogP contribution in [0.4, 0.5) is 0 Å². The number of ketones is 1. The van der Waals surface area contributed by atoms with Gasteiger partial charge in [0, 0.05) is 10.5 Å². The highest BCUT2D eigenvalue weighted by molar-refractivity contribution is 8.04. The van der Waals surface area contributed by atoms with Crippen LogP contribution in [0.5, 0.6) is 11.5 Å². The van der Waals surface area contributed by atoms with E-state index in [2.05, 4.69) is 6.92 Å². The number of benzene rings is 2. The van der Waals surface area contributed by atoms with E-state index in [0.29, 0.717) is 19.0 Å². The fraction of sp³-hybridized carbons (Fsp3) is 0.250. The van der Waals surface area contributed by atoms with Crippen molar-refractivity contribution in [1.29, 1.82) is 0 Å². The summed E-state index contributed by atoms with van der Waals surface area (Å²) in [6, 6.07) is 13.5. The van der Waals surface area contributed by atoms with Crippen LogP contribution in [0.1, 0.15) is 36.2 Å². The summed E-state index contributed by atoms with van der Waals surface area (Å²) in [6.07, 6.45) is 2.86. The third kappa shape index (κ3) is 3.49. The molecule has 0 radical (unpaired) electrons. The molecule has 0 saturated carbocycles. The van der Waals surface area contributed by atoms with Crippen molar-refractivity contribution in [2.75, 3.05) is 13.2 Å². The van der Waals surface area contributed by atoms with Crippen LogP contribution in [0, 0.1) is 0 Å². The molecule has 0 spiro atoms. The molecule has 2 aromatic carbocycles. The van der Waals surface area contributed by atoms with Crippen LogP contribution in [0.3, 0.4) is 0 Å². The molecular formula is C20H20O3S. The van der Waals surface area contributed by atoms with Crippen LogP contribution < -0.4 is 9.47 Å². The number of thioether (sulfide) groups is 1. The quantitative estimate of drug-likeness (QED) is 0.677. The number of hydrogen-bond donors (Lipinski definition) is 0. The van der Waals surface area contributed by atoms with E-state index in [0.717, 1.165) is 33.1 Å². The van der Waals surface area contributed by atoms with E-state index in [4.69, 9.17) is 9.47 Å². The van der Waals surface area contributed by atoms with E-state index in [1.807, 2.05) is 55.5 Å². The molecule has 3 nitrogen and oxygen atoms in total. The van der Waals surface area contributed by atoms with Gasteiger partial charge in [-0.3, -0.25) is 4.79 Å². The summed E-state index contributed by atoms with van der Waals surface area (Å²) < 4.78 is 11.4. The van der Waals surface area contributed by atoms with Crippen LogP contribution in [0.25, 0.3) is 6.08 Å². The van der Waals surface area contributed by atoms with E-state index in [1.165, 1.54) is 11.8 Å². The number of Topliss-reactive ketones (excluding diaryl/α,β-unsaturated/α-hetero) is 1. The van der Waals surface area contributed by atoms with Crippen LogP contribution in [0.2, 0.25) is 0 Å². The number of allylic oxidation sites excluding steroid dienone is 1. The third-order valence-corrected chi connectivity index (χ3v) is 4.70. The summed E-state index contributed by atoms with van der Waals surface area (Å²) in [5, 5.41) is 0. The average Bonchev–Trinajstić information content (AvgIpc) is 2.91. The van der Waals surface area contributed by atoms with Gasteiger partial charge in [-0.1, -0.05) is 36.9 Å². The Bertz CT molecular complexity index is 780. The van der Waals surface area contributed by atoms with Crippen molar-refractivity contribution in [2.45, 2.75) is 25.2 Å². The van der Waals surface area contributed by atoms with Gasteiger partial charge in [0.05, 0.1) is 18.1 Å². The topological polar surface area (TPSA) is 35.5 Å². The van der Waals surface area contributed by atoms with Gasteiger partial charge in [0.25, 0.3) is 0 Å². The first-order chi connectivity index (χ1) is 11.7. The first-order valence-electron chi connectivity index (χ1n) is 8.15. The molecule has 0 saturated heterocycles. The Kier molecular flexibility index (Phi) is 5.26. The lowest BCUT2D eigenvalue weighted by molar-refractivity contribution is 0.104. The van der Waals surface area contributed by atoms with E-state index in [-0.39, 0.29) is 5.78 Å². The molecule has 124 valence electrons. The highest BCUT2D eigenvalue weighted by Gasteiger charge is 2.25. The SMILES string of the molecule is CCCOc1ccc(/C=C2\Sc3ccccc3C2=O)cc1OCC. The Balaban J connectivity index is 1.88. The fourth-order valence-corrected chi connectivity index (χ4v) is 3.55. The van der Waals surface area contributed by atoms with Crippen molar-refractivity contribution in [3.05, 3.63) is 58.5 Å². The van der Waals surface area contributed by atoms with Gasteiger partial charge in [0.15, 0.2) is 11.5 Å². The third-order valence-electron chi connectivity index (χ3n) is 3.60. The number of rotatable bonds is 6. The lowest BCUT2D eigenvalue weighted by Gasteiger charge is -2.12. The fourth-order valence-electron chi connectivity index (χ4n) is 2.50. The lowest BCUT2D eigenvalue weighted by atomic mass is 10.1. The molecule has 0 aliphatic carbocycles. The number of carbonyl (C=O) groups is 1. The number of fused-ring (bicyclic) bond motifs is 1. The van der Waals surface area contributed by atoms with Gasteiger partial charge in [-0.25, -0.2) is 0 Å². The molecule has 0 atom stereocenters. The molecule has 0 amide bonds. The minimum atomic E-state index is 0.0832. The van der Waals surface area contributed by atoms with Crippen LogP contribution >= 0.6 is 11.8 Å². The van der Waals surface area contributed by atoms with Crippen molar-refractivity contribution in [3.63, 3.8) is 0 Å². The van der Waals surface area contributed by atoms with Crippen molar-refractivity contribution < 1.29 is 14.3 Å². The molecule has 0 aromatic heterocycles. The number of ether oxygens (including phenoxy) is 2. The predicted octanol–water partition coefficient (Wildman–Crippen LogP) is 5.20. The Morgan fingerprint density at radius 3 is 2.62 bits per heavy atom. The average molecular weight is 340 g/mol. The van der Waals surface area contributed by atoms with Gasteiger partial charge in [-0.05, 0) is 49.2 Å². The Morgan fingerprint density at radius 1 is 1.04 bits per heavy atom. The molecule has 4 heteroatoms. The second-order valence-electron chi connectivity index (χ2n) is 5.42. The van der Waals surface area contributed by atoms with E-state index in [9.17, 15) is 4.79 Å². The van der Waals surface area contributed by atoms with E-state index >= 15 is 0 Å². The summed E-state index contributed by atoms with van der Waals surface area (Å²) in [6.45, 7) is 5.24. The van der Waals surface area contributed by atoms with Crippen molar-refractivity contribution in [1.82, 2.24) is 0 Å². The molecule has 1 heterocycles. The second kappa shape index (κ2) is 7.58. The second-order valence-corrected chi connectivity index (χ2v) is 6.51. The normalized spacial score (nSPS) is 14.8. The minimum Gasteiger partial charge on any atom is -0.490 e. The summed E-state index contributed by atoms with van der Waals surface area (Å²) in [7, 11) is 0. The number of hydrogen-bond acceptors (Lipinski definition) is 4. The smallest absolute Gasteiger partial charge is 0.200 e. The summed E-state index contributed by atoms with van der Waals surface area (Å²) in [5.41, 5.74) is 1.72. The summed E-state index contributed by atoms with van der Waals surface area (Å²) >= 11 is 1.52. The van der Waals surface area contributed by atoms with Gasteiger partial charge in [0.1, 0.15) is 0 Å². The van der Waals surface area contributed by atoms with E-state index in [1.54, 1.807) is 0 Å². The zero-order valence-electron chi connectivity index (χ0n) is 13.9. The molecule has 0 bridgehead atoms. The Hall–Kier alpha value is -2.20. The van der Waals surface area contributed by atoms with Gasteiger partial charge in [-0.15, -0.1) is 0 Å².